The SMILES string of the molecule is Cc1cc(S(=O)(=O)N(CCO)C2CC2)cc(N)c1C. The summed E-state index contributed by atoms with van der Waals surface area (Å²) in [5, 5.41) is 9.05. The Kier molecular flexibility index (Phi) is 3.85. The van der Waals surface area contributed by atoms with Crippen LogP contribution < -0.4 is 5.73 Å². The third-order valence-corrected chi connectivity index (χ3v) is 5.49. The fraction of sp³-hybridized carbons (Fsp3) is 0.538. The average molecular weight is 284 g/mol. The highest BCUT2D eigenvalue weighted by Gasteiger charge is 2.37. The van der Waals surface area contributed by atoms with Gasteiger partial charge in [0.2, 0.25) is 10.0 Å². The largest absolute Gasteiger partial charge is 0.398 e. The van der Waals surface area contributed by atoms with E-state index in [2.05, 4.69) is 0 Å². The molecule has 19 heavy (non-hydrogen) atoms. The molecule has 0 heterocycles. The van der Waals surface area contributed by atoms with Crippen LogP contribution in [0.4, 0.5) is 5.69 Å². The van der Waals surface area contributed by atoms with Crippen molar-refractivity contribution in [1.29, 1.82) is 0 Å². The molecule has 0 aromatic heterocycles. The van der Waals surface area contributed by atoms with Crippen molar-refractivity contribution in [3.63, 3.8) is 0 Å². The summed E-state index contributed by atoms with van der Waals surface area (Å²) in [4.78, 5) is 0.216. The maximum atomic E-state index is 12.6. The Bertz CT molecular complexity index is 557. The molecule has 0 unspecified atom stereocenters. The maximum Gasteiger partial charge on any atom is 0.243 e. The minimum Gasteiger partial charge on any atom is -0.398 e. The highest BCUT2D eigenvalue weighted by Crippen LogP contribution is 2.33. The fourth-order valence-electron chi connectivity index (χ4n) is 2.10. The first-order valence-electron chi connectivity index (χ1n) is 6.37. The van der Waals surface area contributed by atoms with Gasteiger partial charge in [0, 0.05) is 18.3 Å². The number of benzene rings is 1. The molecule has 0 bridgehead atoms. The molecular formula is C13H20N2O3S. The van der Waals surface area contributed by atoms with E-state index in [1.807, 2.05) is 13.8 Å². The summed E-state index contributed by atoms with van der Waals surface area (Å²) >= 11 is 0. The predicted octanol–water partition coefficient (Wildman–Crippen LogP) is 1.03. The Balaban J connectivity index is 2.43. The first-order chi connectivity index (χ1) is 8.87. The van der Waals surface area contributed by atoms with Crippen LogP contribution in [0, 0.1) is 13.8 Å². The van der Waals surface area contributed by atoms with E-state index in [9.17, 15) is 8.42 Å². The Hall–Kier alpha value is -1.11. The summed E-state index contributed by atoms with van der Waals surface area (Å²) in [7, 11) is -3.57. The van der Waals surface area contributed by atoms with Gasteiger partial charge < -0.3 is 10.8 Å². The van der Waals surface area contributed by atoms with Gasteiger partial charge in [-0.1, -0.05) is 0 Å². The van der Waals surface area contributed by atoms with Gasteiger partial charge >= 0.3 is 0 Å². The number of hydrogen-bond donors (Lipinski definition) is 2. The van der Waals surface area contributed by atoms with Gasteiger partial charge in [0.1, 0.15) is 0 Å². The van der Waals surface area contributed by atoms with Crippen molar-refractivity contribution < 1.29 is 13.5 Å². The maximum absolute atomic E-state index is 12.6. The van der Waals surface area contributed by atoms with E-state index in [4.69, 9.17) is 10.8 Å². The van der Waals surface area contributed by atoms with Crippen LogP contribution in [0.5, 0.6) is 0 Å². The number of sulfonamides is 1. The molecule has 0 atom stereocenters. The molecule has 0 saturated heterocycles. The standard InChI is InChI=1S/C13H20N2O3S/c1-9-7-12(8-13(14)10(9)2)19(17,18)15(5-6-16)11-3-4-11/h7-8,11,16H,3-6,14H2,1-2H3. The van der Waals surface area contributed by atoms with E-state index < -0.39 is 10.0 Å². The topological polar surface area (TPSA) is 83.6 Å². The third kappa shape index (κ3) is 2.75. The molecule has 0 spiro atoms. The first kappa shape index (κ1) is 14.3. The molecule has 6 heteroatoms. The Morgan fingerprint density at radius 1 is 1.37 bits per heavy atom. The summed E-state index contributed by atoms with van der Waals surface area (Å²) in [6.45, 7) is 3.68. The number of nitrogen functional groups attached to an aromatic ring is 1. The third-order valence-electron chi connectivity index (χ3n) is 3.56. The van der Waals surface area contributed by atoms with Gasteiger partial charge in [-0.3, -0.25) is 0 Å². The van der Waals surface area contributed by atoms with Crippen LogP contribution in [0.3, 0.4) is 0 Å². The minimum atomic E-state index is -3.57. The van der Waals surface area contributed by atoms with Crippen molar-refractivity contribution in [2.45, 2.75) is 37.6 Å². The highest BCUT2D eigenvalue weighted by molar-refractivity contribution is 7.89. The van der Waals surface area contributed by atoms with E-state index >= 15 is 0 Å². The van der Waals surface area contributed by atoms with Crippen LogP contribution in [0.1, 0.15) is 24.0 Å². The van der Waals surface area contributed by atoms with Crippen molar-refractivity contribution in [2.75, 3.05) is 18.9 Å². The summed E-state index contributed by atoms with van der Waals surface area (Å²) in [5.41, 5.74) is 8.10. The van der Waals surface area contributed by atoms with Crippen LogP contribution >= 0.6 is 0 Å². The number of nitrogens with zero attached hydrogens (tertiary/aromatic N) is 1. The normalized spacial score (nSPS) is 16.0. The average Bonchev–Trinajstić information content (AvgIpc) is 3.16. The second kappa shape index (κ2) is 5.11. The molecule has 5 nitrogen and oxygen atoms in total. The smallest absolute Gasteiger partial charge is 0.243 e. The molecule has 0 radical (unpaired) electrons. The van der Waals surface area contributed by atoms with Gasteiger partial charge in [-0.25, -0.2) is 8.42 Å². The number of hydrogen-bond acceptors (Lipinski definition) is 4. The number of aliphatic hydroxyl groups excluding tert-OH is 1. The van der Waals surface area contributed by atoms with Gasteiger partial charge in [0.05, 0.1) is 11.5 Å². The van der Waals surface area contributed by atoms with Crippen molar-refractivity contribution in [1.82, 2.24) is 4.31 Å². The van der Waals surface area contributed by atoms with Crippen molar-refractivity contribution in [2.24, 2.45) is 0 Å². The van der Waals surface area contributed by atoms with Gasteiger partial charge in [0.15, 0.2) is 0 Å². The summed E-state index contributed by atoms with van der Waals surface area (Å²) in [6.07, 6.45) is 1.72. The molecule has 1 aromatic carbocycles. The van der Waals surface area contributed by atoms with Gasteiger partial charge in [0.25, 0.3) is 0 Å². The Morgan fingerprint density at radius 2 is 2.00 bits per heavy atom. The van der Waals surface area contributed by atoms with Crippen LogP contribution in [0.25, 0.3) is 0 Å². The predicted molar refractivity (Wildman–Crippen MR) is 74.3 cm³/mol. The van der Waals surface area contributed by atoms with E-state index in [-0.39, 0.29) is 24.1 Å². The fourth-order valence-corrected chi connectivity index (χ4v) is 3.89. The number of anilines is 1. The zero-order valence-electron chi connectivity index (χ0n) is 11.3. The Labute approximate surface area is 114 Å². The number of aryl methyl sites for hydroxylation is 1. The van der Waals surface area contributed by atoms with E-state index in [0.717, 1.165) is 24.0 Å². The highest BCUT2D eigenvalue weighted by atomic mass is 32.2. The lowest BCUT2D eigenvalue weighted by molar-refractivity contribution is 0.250. The molecule has 1 aliphatic carbocycles. The molecule has 1 aromatic rings. The lowest BCUT2D eigenvalue weighted by atomic mass is 10.1. The Morgan fingerprint density at radius 3 is 2.47 bits per heavy atom. The molecule has 1 fully saturated rings. The molecule has 2 rings (SSSR count). The van der Waals surface area contributed by atoms with Crippen molar-refractivity contribution in [3.8, 4) is 0 Å². The van der Waals surface area contributed by atoms with E-state index in [1.165, 1.54) is 10.4 Å². The number of rotatable bonds is 5. The molecule has 1 aliphatic rings. The lowest BCUT2D eigenvalue weighted by Crippen LogP contribution is -2.35. The van der Waals surface area contributed by atoms with Gasteiger partial charge in [-0.2, -0.15) is 4.31 Å². The van der Waals surface area contributed by atoms with Crippen molar-refractivity contribution in [3.05, 3.63) is 23.3 Å². The van der Waals surface area contributed by atoms with Crippen molar-refractivity contribution >= 4 is 15.7 Å². The zero-order valence-corrected chi connectivity index (χ0v) is 12.1. The van der Waals surface area contributed by atoms with Crippen LogP contribution in [-0.2, 0) is 10.0 Å². The summed E-state index contributed by atoms with van der Waals surface area (Å²) in [5.74, 6) is 0. The van der Waals surface area contributed by atoms with Crippen LogP contribution in [0.15, 0.2) is 17.0 Å². The van der Waals surface area contributed by atoms with Crippen LogP contribution in [-0.4, -0.2) is 37.0 Å². The molecular weight excluding hydrogens is 264 g/mol. The van der Waals surface area contributed by atoms with E-state index in [1.54, 1.807) is 6.07 Å². The quantitative estimate of drug-likeness (QED) is 0.791. The van der Waals surface area contributed by atoms with Gasteiger partial charge in [-0.15, -0.1) is 0 Å². The first-order valence-corrected chi connectivity index (χ1v) is 7.81. The molecule has 0 amide bonds. The molecule has 106 valence electrons. The molecule has 3 N–H and O–H groups in total. The second-order valence-electron chi connectivity index (χ2n) is 5.02. The summed E-state index contributed by atoms with van der Waals surface area (Å²) < 4.78 is 26.5. The zero-order chi connectivity index (χ0) is 14.2. The lowest BCUT2D eigenvalue weighted by Gasteiger charge is -2.21. The number of aliphatic hydroxyl groups is 1. The minimum absolute atomic E-state index is 0.0278. The second-order valence-corrected chi connectivity index (χ2v) is 6.92. The number of nitrogens with two attached hydrogens (primary N) is 1. The van der Waals surface area contributed by atoms with Crippen LogP contribution in [0.2, 0.25) is 0 Å². The monoisotopic (exact) mass is 284 g/mol. The molecule has 1 saturated carbocycles. The van der Waals surface area contributed by atoms with Gasteiger partial charge in [-0.05, 0) is 49.9 Å². The summed E-state index contributed by atoms with van der Waals surface area (Å²) in [6, 6.07) is 3.18. The van der Waals surface area contributed by atoms with E-state index in [0.29, 0.717) is 5.69 Å². The molecule has 0 aliphatic heterocycles.